The molecule has 0 radical (unpaired) electrons. The molecular formula is C16H23N5O. The fourth-order valence-electron chi connectivity index (χ4n) is 3.62. The number of nitrogens with zero attached hydrogens (tertiary/aromatic N) is 4. The van der Waals surface area contributed by atoms with Crippen molar-refractivity contribution in [2.75, 3.05) is 25.0 Å². The van der Waals surface area contributed by atoms with Crippen molar-refractivity contribution >= 4 is 11.7 Å². The summed E-state index contributed by atoms with van der Waals surface area (Å²) in [6, 6.07) is 0.762. The summed E-state index contributed by atoms with van der Waals surface area (Å²) in [5.41, 5.74) is 0.690. The second-order valence-corrected chi connectivity index (χ2v) is 6.83. The topological polar surface area (TPSA) is 61.4 Å². The van der Waals surface area contributed by atoms with Gasteiger partial charge in [0.2, 0.25) is 0 Å². The Bertz CT molecular complexity index is 556. The van der Waals surface area contributed by atoms with E-state index in [-0.39, 0.29) is 12.1 Å². The van der Waals surface area contributed by atoms with Crippen molar-refractivity contribution in [3.63, 3.8) is 0 Å². The van der Waals surface area contributed by atoms with Gasteiger partial charge in [0.15, 0.2) is 0 Å². The Morgan fingerprint density at radius 1 is 1.23 bits per heavy atom. The summed E-state index contributed by atoms with van der Waals surface area (Å²) < 4.78 is 0. The third-order valence-corrected chi connectivity index (χ3v) is 5.06. The highest BCUT2D eigenvalue weighted by Gasteiger charge is 2.36. The molecule has 0 spiro atoms. The van der Waals surface area contributed by atoms with Crippen LogP contribution in [-0.4, -0.2) is 57.5 Å². The Labute approximate surface area is 130 Å². The third-order valence-electron chi connectivity index (χ3n) is 5.06. The quantitative estimate of drug-likeness (QED) is 0.908. The molecule has 2 saturated heterocycles. The molecule has 0 aromatic carbocycles. The van der Waals surface area contributed by atoms with Gasteiger partial charge in [-0.2, -0.15) is 0 Å². The Balaban J connectivity index is 1.40. The first-order chi connectivity index (χ1) is 10.7. The van der Waals surface area contributed by atoms with E-state index in [0.29, 0.717) is 17.6 Å². The van der Waals surface area contributed by atoms with Gasteiger partial charge >= 0.3 is 6.03 Å². The van der Waals surface area contributed by atoms with E-state index in [1.165, 1.54) is 32.2 Å². The number of rotatable bonds is 2. The van der Waals surface area contributed by atoms with Crippen molar-refractivity contribution in [2.45, 2.75) is 50.6 Å². The van der Waals surface area contributed by atoms with Crippen molar-refractivity contribution in [1.82, 2.24) is 19.8 Å². The van der Waals surface area contributed by atoms with Crippen LogP contribution >= 0.6 is 0 Å². The normalized spacial score (nSPS) is 28.5. The Hall–Kier alpha value is -1.69. The first-order valence-electron chi connectivity index (χ1n) is 8.34. The molecule has 2 amide bonds. The van der Waals surface area contributed by atoms with E-state index in [0.717, 1.165) is 18.9 Å². The number of urea groups is 1. The smallest absolute Gasteiger partial charge is 0.319 e. The molecular weight excluding hydrogens is 278 g/mol. The van der Waals surface area contributed by atoms with E-state index in [4.69, 9.17) is 0 Å². The first-order valence-corrected chi connectivity index (χ1v) is 8.34. The number of piperazine rings is 1. The van der Waals surface area contributed by atoms with Crippen molar-refractivity contribution < 1.29 is 4.79 Å². The Morgan fingerprint density at radius 3 is 2.73 bits per heavy atom. The van der Waals surface area contributed by atoms with Crippen LogP contribution in [0.5, 0.6) is 0 Å². The van der Waals surface area contributed by atoms with Gasteiger partial charge in [-0.25, -0.2) is 14.8 Å². The predicted molar refractivity (Wildman–Crippen MR) is 83.8 cm³/mol. The lowest BCUT2D eigenvalue weighted by molar-refractivity contribution is 0.0861. The molecule has 6 nitrogen and oxygen atoms in total. The monoisotopic (exact) mass is 301 g/mol. The molecule has 1 N–H and O–H groups in total. The van der Waals surface area contributed by atoms with Crippen LogP contribution in [0.3, 0.4) is 0 Å². The van der Waals surface area contributed by atoms with Gasteiger partial charge in [-0.3, -0.25) is 4.90 Å². The number of hydrogen-bond acceptors (Lipinski definition) is 4. The number of amides is 2. The standard InChI is InChI=1S/C16H23N5O/c1-11-9-20-6-2-3-14(20)10-21(11)16(22)19-13-7-17-15(18-8-13)12-4-5-12/h7-8,11-12,14H,2-6,9-10H2,1H3,(H,19,22)/t11-,14+/m0/s1. The van der Waals surface area contributed by atoms with E-state index < -0.39 is 0 Å². The lowest BCUT2D eigenvalue weighted by Gasteiger charge is -2.42. The van der Waals surface area contributed by atoms with E-state index >= 15 is 0 Å². The van der Waals surface area contributed by atoms with Crippen LogP contribution in [-0.2, 0) is 0 Å². The van der Waals surface area contributed by atoms with Crippen LogP contribution in [0.4, 0.5) is 10.5 Å². The van der Waals surface area contributed by atoms with E-state index in [1.807, 2.05) is 4.90 Å². The largest absolute Gasteiger partial charge is 0.322 e. The van der Waals surface area contributed by atoms with E-state index in [2.05, 4.69) is 27.1 Å². The summed E-state index contributed by atoms with van der Waals surface area (Å²) in [6.07, 6.45) is 8.30. The highest BCUT2D eigenvalue weighted by atomic mass is 16.2. The van der Waals surface area contributed by atoms with Crippen molar-refractivity contribution in [3.05, 3.63) is 18.2 Å². The van der Waals surface area contributed by atoms with Crippen molar-refractivity contribution in [2.24, 2.45) is 0 Å². The summed E-state index contributed by atoms with van der Waals surface area (Å²) in [5, 5.41) is 2.95. The molecule has 1 aromatic heterocycles. The number of carbonyl (C=O) groups is 1. The van der Waals surface area contributed by atoms with Crippen LogP contribution in [0.15, 0.2) is 12.4 Å². The maximum absolute atomic E-state index is 12.5. The van der Waals surface area contributed by atoms with Gasteiger partial charge in [-0.1, -0.05) is 0 Å². The molecule has 3 heterocycles. The third kappa shape index (κ3) is 2.67. The molecule has 22 heavy (non-hydrogen) atoms. The lowest BCUT2D eigenvalue weighted by Crippen LogP contribution is -2.57. The van der Waals surface area contributed by atoms with Gasteiger partial charge in [-0.15, -0.1) is 0 Å². The molecule has 1 saturated carbocycles. The fourth-order valence-corrected chi connectivity index (χ4v) is 3.62. The van der Waals surface area contributed by atoms with Gasteiger partial charge in [-0.05, 0) is 39.2 Å². The molecule has 4 rings (SSSR count). The first kappa shape index (κ1) is 13.9. The predicted octanol–water partition coefficient (Wildman–Crippen LogP) is 2.05. The Kier molecular flexibility index (Phi) is 3.48. The average Bonchev–Trinajstić information content (AvgIpc) is 3.26. The zero-order valence-electron chi connectivity index (χ0n) is 13.0. The molecule has 3 fully saturated rings. The zero-order chi connectivity index (χ0) is 15.1. The molecule has 2 atom stereocenters. The van der Waals surface area contributed by atoms with Gasteiger partial charge in [0.25, 0.3) is 0 Å². The summed E-state index contributed by atoms with van der Waals surface area (Å²) >= 11 is 0. The molecule has 3 aliphatic rings. The van der Waals surface area contributed by atoms with Crippen LogP contribution in [0.25, 0.3) is 0 Å². The highest BCUT2D eigenvalue weighted by molar-refractivity contribution is 5.89. The molecule has 0 bridgehead atoms. The molecule has 1 aliphatic carbocycles. The van der Waals surface area contributed by atoms with Gasteiger partial charge in [0.1, 0.15) is 5.82 Å². The van der Waals surface area contributed by atoms with Gasteiger partial charge in [0, 0.05) is 31.1 Å². The number of carbonyl (C=O) groups excluding carboxylic acids is 1. The van der Waals surface area contributed by atoms with Gasteiger partial charge in [0.05, 0.1) is 18.1 Å². The number of aromatic nitrogens is 2. The minimum atomic E-state index is -0.0261. The number of nitrogens with one attached hydrogen (secondary N) is 1. The minimum Gasteiger partial charge on any atom is -0.319 e. The maximum atomic E-state index is 12.5. The molecule has 118 valence electrons. The average molecular weight is 301 g/mol. The van der Waals surface area contributed by atoms with Crippen LogP contribution < -0.4 is 5.32 Å². The summed E-state index contributed by atoms with van der Waals surface area (Å²) in [4.78, 5) is 25.7. The van der Waals surface area contributed by atoms with Crippen molar-refractivity contribution in [3.8, 4) is 0 Å². The number of fused-ring (bicyclic) bond motifs is 1. The fraction of sp³-hybridized carbons (Fsp3) is 0.688. The second-order valence-electron chi connectivity index (χ2n) is 6.83. The Morgan fingerprint density at radius 2 is 2.00 bits per heavy atom. The highest BCUT2D eigenvalue weighted by Crippen LogP contribution is 2.37. The lowest BCUT2D eigenvalue weighted by atomic mass is 10.1. The molecule has 2 aliphatic heterocycles. The molecule has 6 heteroatoms. The van der Waals surface area contributed by atoms with Gasteiger partial charge < -0.3 is 10.2 Å². The summed E-state index contributed by atoms with van der Waals surface area (Å²) in [5.74, 6) is 1.45. The number of hydrogen-bond donors (Lipinski definition) is 1. The molecule has 0 unspecified atom stereocenters. The maximum Gasteiger partial charge on any atom is 0.322 e. The summed E-state index contributed by atoms with van der Waals surface area (Å²) in [7, 11) is 0. The minimum absolute atomic E-state index is 0.0261. The second kappa shape index (κ2) is 5.50. The van der Waals surface area contributed by atoms with Crippen molar-refractivity contribution in [1.29, 1.82) is 0 Å². The zero-order valence-corrected chi connectivity index (χ0v) is 13.0. The van der Waals surface area contributed by atoms with E-state index in [9.17, 15) is 4.79 Å². The SMILES string of the molecule is C[C@H]1CN2CCC[C@@H]2CN1C(=O)Nc1cnc(C2CC2)nc1. The van der Waals surface area contributed by atoms with Crippen LogP contribution in [0, 0.1) is 0 Å². The summed E-state index contributed by atoms with van der Waals surface area (Å²) in [6.45, 7) is 5.12. The number of anilines is 1. The molecule has 1 aromatic rings. The van der Waals surface area contributed by atoms with E-state index in [1.54, 1.807) is 12.4 Å². The van der Waals surface area contributed by atoms with Crippen LogP contribution in [0.2, 0.25) is 0 Å². The van der Waals surface area contributed by atoms with Crippen LogP contribution in [0.1, 0.15) is 44.3 Å².